The molecule has 2 rings (SSSR count). The zero-order valence-electron chi connectivity index (χ0n) is 22.4. The van der Waals surface area contributed by atoms with E-state index in [2.05, 4.69) is 22.3 Å². The second kappa shape index (κ2) is 11.7. The summed E-state index contributed by atoms with van der Waals surface area (Å²) < 4.78 is 5.33. The number of ether oxygens (including phenoxy) is 1. The summed E-state index contributed by atoms with van der Waals surface area (Å²) in [6.45, 7) is 16.3. The van der Waals surface area contributed by atoms with Crippen LogP contribution in [0, 0.1) is 5.41 Å². The van der Waals surface area contributed by atoms with Crippen LogP contribution in [0.2, 0.25) is 0 Å². The van der Waals surface area contributed by atoms with Crippen LogP contribution >= 0.6 is 0 Å². The monoisotopic (exact) mass is 500 g/mol. The number of amides is 3. The molecule has 9 nitrogen and oxygen atoms in total. The summed E-state index contributed by atoms with van der Waals surface area (Å²) in [5.74, 6) is -0.798. The van der Waals surface area contributed by atoms with E-state index in [-0.39, 0.29) is 25.4 Å². The zero-order valence-corrected chi connectivity index (χ0v) is 22.4. The second-order valence-corrected chi connectivity index (χ2v) is 11.2. The number of hydrogen-bond donors (Lipinski definition) is 3. The Bertz CT molecular complexity index is 989. The number of alkyl carbamates (subject to hydrolysis) is 1. The fourth-order valence-corrected chi connectivity index (χ4v) is 3.87. The molecule has 3 amide bonds. The van der Waals surface area contributed by atoms with Crippen molar-refractivity contribution in [2.24, 2.45) is 10.4 Å². The number of β-amino-alcohol motifs (C(OH)–C–C–N with tert-alkyl or cyclic N) is 1. The molecule has 1 fully saturated rings. The Morgan fingerprint density at radius 3 is 2.33 bits per heavy atom. The summed E-state index contributed by atoms with van der Waals surface area (Å²) in [7, 11) is 0. The molecule has 0 unspecified atom stereocenters. The van der Waals surface area contributed by atoms with Crippen LogP contribution in [0.4, 0.5) is 4.79 Å². The number of hydrogen-bond acceptors (Lipinski definition) is 6. The number of allylic oxidation sites excluding steroid dienone is 1. The summed E-state index contributed by atoms with van der Waals surface area (Å²) in [4.78, 5) is 44.2. The normalized spacial score (nSPS) is 19.4. The molecule has 1 saturated heterocycles. The number of rotatable bonds is 7. The number of nitrogens with zero attached hydrogens (tertiary/aromatic N) is 2. The van der Waals surface area contributed by atoms with E-state index in [1.165, 1.54) is 4.90 Å². The van der Waals surface area contributed by atoms with E-state index in [0.29, 0.717) is 0 Å². The van der Waals surface area contributed by atoms with Crippen LogP contribution in [0.25, 0.3) is 6.08 Å². The molecule has 3 atom stereocenters. The van der Waals surface area contributed by atoms with Gasteiger partial charge in [-0.05, 0) is 57.0 Å². The Labute approximate surface area is 214 Å². The van der Waals surface area contributed by atoms with Gasteiger partial charge in [-0.15, -0.1) is 0 Å². The van der Waals surface area contributed by atoms with Gasteiger partial charge >= 0.3 is 6.09 Å². The minimum absolute atomic E-state index is 0.0111. The Hall–Kier alpha value is -3.20. The van der Waals surface area contributed by atoms with Crippen molar-refractivity contribution in [1.82, 2.24) is 15.5 Å². The lowest BCUT2D eigenvalue weighted by molar-refractivity contribution is -0.142. The molecule has 0 radical (unpaired) electrons. The van der Waals surface area contributed by atoms with Gasteiger partial charge in [-0.2, -0.15) is 0 Å². The third-order valence-electron chi connectivity index (χ3n) is 5.71. The van der Waals surface area contributed by atoms with Crippen molar-refractivity contribution in [1.29, 1.82) is 0 Å². The highest BCUT2D eigenvalue weighted by atomic mass is 16.6. The number of aliphatic hydroxyl groups excluding tert-OH is 1. The minimum Gasteiger partial charge on any atom is -0.444 e. The third-order valence-corrected chi connectivity index (χ3v) is 5.71. The van der Waals surface area contributed by atoms with Crippen LogP contribution < -0.4 is 10.6 Å². The van der Waals surface area contributed by atoms with Crippen LogP contribution in [0.5, 0.6) is 0 Å². The summed E-state index contributed by atoms with van der Waals surface area (Å²) in [6.07, 6.45) is 0.474. The lowest BCUT2D eigenvalue weighted by atomic mass is 9.85. The molecular formula is C27H40N4O5. The van der Waals surface area contributed by atoms with Crippen molar-refractivity contribution < 1.29 is 24.2 Å². The Balaban J connectivity index is 2.11. The fourth-order valence-electron chi connectivity index (χ4n) is 3.87. The van der Waals surface area contributed by atoms with Crippen LogP contribution in [0.15, 0.2) is 35.0 Å². The molecule has 3 N–H and O–H groups in total. The Kier molecular flexibility index (Phi) is 9.43. The second-order valence-electron chi connectivity index (χ2n) is 11.2. The van der Waals surface area contributed by atoms with E-state index in [1.807, 2.05) is 58.0 Å². The van der Waals surface area contributed by atoms with Gasteiger partial charge in [-0.1, -0.05) is 45.0 Å². The van der Waals surface area contributed by atoms with Crippen molar-refractivity contribution in [3.8, 4) is 0 Å². The van der Waals surface area contributed by atoms with Crippen LogP contribution in [0.3, 0.4) is 0 Å². The molecule has 36 heavy (non-hydrogen) atoms. The first-order valence-electron chi connectivity index (χ1n) is 12.1. The highest BCUT2D eigenvalue weighted by Crippen LogP contribution is 2.26. The van der Waals surface area contributed by atoms with E-state index in [4.69, 9.17) is 4.74 Å². The average Bonchev–Trinajstić information content (AvgIpc) is 3.16. The van der Waals surface area contributed by atoms with E-state index in [1.54, 1.807) is 20.8 Å². The van der Waals surface area contributed by atoms with Crippen molar-refractivity contribution in [3.63, 3.8) is 0 Å². The molecule has 1 aromatic rings. The van der Waals surface area contributed by atoms with Gasteiger partial charge in [0.15, 0.2) is 0 Å². The minimum atomic E-state index is -0.943. The summed E-state index contributed by atoms with van der Waals surface area (Å²) in [5, 5.41) is 15.8. The van der Waals surface area contributed by atoms with Crippen LogP contribution in [-0.2, 0) is 20.9 Å². The lowest BCUT2D eigenvalue weighted by Gasteiger charge is -2.35. The molecule has 1 heterocycles. The highest BCUT2D eigenvalue weighted by molar-refractivity contribution is 5.92. The first-order valence-corrected chi connectivity index (χ1v) is 12.1. The number of aliphatic imine (C=N–C) groups is 1. The van der Waals surface area contributed by atoms with Gasteiger partial charge in [0.25, 0.3) is 0 Å². The quantitative estimate of drug-likeness (QED) is 0.497. The van der Waals surface area contributed by atoms with Crippen LogP contribution in [-0.4, -0.2) is 65.0 Å². The van der Waals surface area contributed by atoms with E-state index in [0.717, 1.165) is 16.8 Å². The highest BCUT2D eigenvalue weighted by Gasteiger charge is 2.44. The van der Waals surface area contributed by atoms with Gasteiger partial charge in [0.1, 0.15) is 17.7 Å². The standard InChI is InChI=1S/C27H40N4O5/c1-17(28-8)13-18-9-11-19(12-10-18)15-29-23(33)21-14-20(32)16-31(21)24(34)22(26(2,3)4)30-25(35)36-27(5,6)7/h9-13,20-22,32H,8,14-16H2,1-7H3,(H,29,33)(H,30,35)/t20-,21-,22+/m0/s1. The molecule has 0 bridgehead atoms. The molecule has 9 heteroatoms. The smallest absolute Gasteiger partial charge is 0.408 e. The summed E-state index contributed by atoms with van der Waals surface area (Å²) in [5.41, 5.74) is 1.28. The number of benzene rings is 1. The summed E-state index contributed by atoms with van der Waals surface area (Å²) >= 11 is 0. The maximum Gasteiger partial charge on any atom is 0.408 e. The topological polar surface area (TPSA) is 120 Å². The first-order chi connectivity index (χ1) is 16.6. The van der Waals surface area contributed by atoms with Crippen molar-refractivity contribution >= 4 is 30.7 Å². The van der Waals surface area contributed by atoms with E-state index < -0.39 is 41.2 Å². The maximum atomic E-state index is 13.5. The SMILES string of the molecule is C=NC(C)=Cc1ccc(CNC(=O)[C@@H]2C[C@H](O)CN2C(=O)[C@@H](NC(=O)OC(C)(C)C)C(C)(C)C)cc1. The van der Waals surface area contributed by atoms with Crippen LogP contribution in [0.1, 0.15) is 66.0 Å². The lowest BCUT2D eigenvalue weighted by Crippen LogP contribution is -2.58. The molecule has 198 valence electrons. The fraction of sp³-hybridized carbons (Fsp3) is 0.556. The first kappa shape index (κ1) is 29.0. The van der Waals surface area contributed by atoms with Gasteiger partial charge in [0.2, 0.25) is 11.8 Å². The van der Waals surface area contributed by atoms with Gasteiger partial charge in [0.05, 0.1) is 6.10 Å². The largest absolute Gasteiger partial charge is 0.444 e. The van der Waals surface area contributed by atoms with Gasteiger partial charge in [-0.25, -0.2) is 4.79 Å². The number of nitrogens with one attached hydrogen (secondary N) is 2. The molecule has 1 aliphatic heterocycles. The molecule has 0 aliphatic carbocycles. The number of likely N-dealkylation sites (tertiary alicyclic amines) is 1. The number of aliphatic hydroxyl groups is 1. The van der Waals surface area contributed by atoms with E-state index in [9.17, 15) is 19.5 Å². The van der Waals surface area contributed by atoms with Gasteiger partial charge in [0, 0.05) is 25.2 Å². The predicted octanol–water partition coefficient (Wildman–Crippen LogP) is 3.27. The average molecular weight is 501 g/mol. The maximum absolute atomic E-state index is 13.5. The molecule has 0 aromatic heterocycles. The predicted molar refractivity (Wildman–Crippen MR) is 140 cm³/mol. The zero-order chi connectivity index (χ0) is 27.3. The van der Waals surface area contributed by atoms with Crippen molar-refractivity contribution in [2.45, 2.75) is 85.2 Å². The molecule has 1 aliphatic rings. The molecular weight excluding hydrogens is 460 g/mol. The number of carbonyl (C=O) groups excluding carboxylic acids is 3. The Morgan fingerprint density at radius 1 is 1.19 bits per heavy atom. The number of carbonyl (C=O) groups is 3. The molecule has 1 aromatic carbocycles. The third kappa shape index (κ3) is 8.48. The van der Waals surface area contributed by atoms with Crippen molar-refractivity contribution in [3.05, 3.63) is 41.1 Å². The molecule has 0 spiro atoms. The Morgan fingerprint density at radius 2 is 1.81 bits per heavy atom. The molecule has 0 saturated carbocycles. The van der Waals surface area contributed by atoms with Gasteiger partial charge in [-0.3, -0.25) is 14.6 Å². The van der Waals surface area contributed by atoms with Crippen molar-refractivity contribution in [2.75, 3.05) is 6.54 Å². The van der Waals surface area contributed by atoms with E-state index >= 15 is 0 Å². The van der Waals surface area contributed by atoms with Gasteiger partial charge < -0.3 is 25.4 Å². The summed E-state index contributed by atoms with van der Waals surface area (Å²) in [6, 6.07) is 5.84.